The Morgan fingerprint density at radius 3 is 2.09 bits per heavy atom. The van der Waals surface area contributed by atoms with Crippen LogP contribution in [-0.4, -0.2) is 28.7 Å². The van der Waals surface area contributed by atoms with E-state index in [1.807, 2.05) is 37.3 Å². The molecule has 8 heteroatoms. The van der Waals surface area contributed by atoms with Gasteiger partial charge in [0, 0.05) is 17.8 Å². The fraction of sp³-hybridized carbons (Fsp3) is 0.111. The number of imide groups is 1. The minimum atomic E-state index is -0.567. The molecule has 4 aromatic rings. The number of carbonyl (C=O) groups excluding carboxylic acids is 2. The van der Waals surface area contributed by atoms with Crippen molar-refractivity contribution in [1.82, 2.24) is 9.78 Å². The molecule has 0 fully saturated rings. The second kappa shape index (κ2) is 8.57. The van der Waals surface area contributed by atoms with E-state index in [9.17, 15) is 14.4 Å². The molecule has 0 bridgehead atoms. The molecule has 0 atom stereocenters. The highest BCUT2D eigenvalue weighted by molar-refractivity contribution is 6.53. The highest BCUT2D eigenvalue weighted by atomic mass is 16.5. The maximum Gasteiger partial charge on any atom is 0.331 e. The van der Waals surface area contributed by atoms with Crippen molar-refractivity contribution in [1.29, 1.82) is 0 Å². The lowest BCUT2D eigenvalue weighted by Gasteiger charge is -2.14. The van der Waals surface area contributed by atoms with Crippen molar-refractivity contribution in [2.45, 2.75) is 13.8 Å². The van der Waals surface area contributed by atoms with Gasteiger partial charge in [-0.2, -0.15) is 4.57 Å². The number of aryl methyl sites for hydroxylation is 2. The average molecular weight is 468 g/mol. The monoisotopic (exact) mass is 467 g/mol. The number of para-hydroxylation sites is 1. The number of pyridine rings is 1. The summed E-state index contributed by atoms with van der Waals surface area (Å²) in [5.74, 6) is -0.487. The number of aromatic amines is 1. The van der Waals surface area contributed by atoms with Crippen LogP contribution < -0.4 is 19.8 Å². The fourth-order valence-corrected chi connectivity index (χ4v) is 4.20. The summed E-state index contributed by atoms with van der Waals surface area (Å²) in [6, 6.07) is 19.4. The Labute approximate surface area is 201 Å². The number of hydrogen-bond donors (Lipinski definition) is 1. The second-order valence-electron chi connectivity index (χ2n) is 8.24. The maximum atomic E-state index is 13.8. The highest BCUT2D eigenvalue weighted by Gasteiger charge is 2.48. The number of benzene rings is 2. The second-order valence-corrected chi connectivity index (χ2v) is 8.24. The van der Waals surface area contributed by atoms with E-state index < -0.39 is 17.4 Å². The van der Waals surface area contributed by atoms with Gasteiger partial charge in [0.25, 0.3) is 17.2 Å². The number of hydrogen-bond acceptors (Lipinski definition) is 4. The third-order valence-corrected chi connectivity index (χ3v) is 5.98. The molecule has 35 heavy (non-hydrogen) atoms. The van der Waals surface area contributed by atoms with Gasteiger partial charge >= 0.3 is 5.91 Å². The summed E-state index contributed by atoms with van der Waals surface area (Å²) >= 11 is 0. The standard InChI is InChI=1S/C27H22N4O4/c1-17-13-15-29(16-14-17)24-23(22-18(2)28-31(26(22)33)20-7-5-4-6-8-20)25(32)30(27(24)34)19-9-11-21(35-3)12-10-19/h4-16H,1-3H3/p+1. The number of carbonyl (C=O) groups is 2. The van der Waals surface area contributed by atoms with Crippen LogP contribution >= 0.6 is 0 Å². The minimum absolute atomic E-state index is 0.0492. The fourth-order valence-electron chi connectivity index (χ4n) is 4.20. The number of H-pyrrole nitrogens is 1. The predicted molar refractivity (Wildman–Crippen MR) is 131 cm³/mol. The van der Waals surface area contributed by atoms with Crippen molar-refractivity contribution < 1.29 is 18.9 Å². The number of ether oxygens (including phenoxy) is 1. The normalized spacial score (nSPS) is 13.6. The molecule has 2 aromatic heterocycles. The van der Waals surface area contributed by atoms with Gasteiger partial charge in [-0.15, -0.1) is 0 Å². The van der Waals surface area contributed by atoms with Crippen molar-refractivity contribution in [3.63, 3.8) is 0 Å². The molecule has 174 valence electrons. The van der Waals surface area contributed by atoms with Crippen molar-refractivity contribution in [3.05, 3.63) is 106 Å². The van der Waals surface area contributed by atoms with Crippen molar-refractivity contribution in [2.75, 3.05) is 12.0 Å². The van der Waals surface area contributed by atoms with Crippen LogP contribution in [-0.2, 0) is 9.59 Å². The molecule has 0 spiro atoms. The van der Waals surface area contributed by atoms with Crippen LogP contribution in [0.25, 0.3) is 17.0 Å². The van der Waals surface area contributed by atoms with Crippen LogP contribution in [0.3, 0.4) is 0 Å². The largest absolute Gasteiger partial charge is 0.497 e. The third kappa shape index (κ3) is 3.65. The van der Waals surface area contributed by atoms with E-state index in [0.29, 0.717) is 22.8 Å². The first-order valence-electron chi connectivity index (χ1n) is 11.0. The maximum absolute atomic E-state index is 13.8. The quantitative estimate of drug-likeness (QED) is 0.361. The summed E-state index contributed by atoms with van der Waals surface area (Å²) < 4.78 is 8.17. The molecule has 1 aliphatic heterocycles. The van der Waals surface area contributed by atoms with E-state index in [-0.39, 0.29) is 16.8 Å². The first-order valence-corrected chi connectivity index (χ1v) is 11.0. The molecule has 0 unspecified atom stereocenters. The molecule has 0 radical (unpaired) electrons. The first-order chi connectivity index (χ1) is 16.9. The lowest BCUT2D eigenvalue weighted by Crippen LogP contribution is -2.39. The molecule has 0 saturated carbocycles. The van der Waals surface area contributed by atoms with Gasteiger partial charge in [0.2, 0.25) is 0 Å². The van der Waals surface area contributed by atoms with E-state index in [1.54, 1.807) is 67.4 Å². The van der Waals surface area contributed by atoms with E-state index in [1.165, 1.54) is 4.68 Å². The molecule has 1 N–H and O–H groups in total. The van der Waals surface area contributed by atoms with Crippen LogP contribution in [0.2, 0.25) is 0 Å². The summed E-state index contributed by atoms with van der Waals surface area (Å²) in [5.41, 5.74) is 2.41. The van der Waals surface area contributed by atoms with Gasteiger partial charge in [-0.1, -0.05) is 18.2 Å². The molecule has 5 rings (SSSR count). The zero-order valence-corrected chi connectivity index (χ0v) is 19.5. The molecule has 0 aliphatic carbocycles. The smallest absolute Gasteiger partial charge is 0.331 e. The highest BCUT2D eigenvalue weighted by Crippen LogP contribution is 2.33. The SMILES string of the molecule is COc1ccc(N2C(=O)C(c3c(C)[nH]n(-c4ccccc4)c3=O)=C([n+]3ccc(C)cc3)C2=O)cc1. The lowest BCUT2D eigenvalue weighted by molar-refractivity contribution is -0.576. The zero-order valence-electron chi connectivity index (χ0n) is 19.5. The predicted octanol–water partition coefficient (Wildman–Crippen LogP) is 3.02. The lowest BCUT2D eigenvalue weighted by atomic mass is 10.1. The topological polar surface area (TPSA) is 88.3 Å². The molecule has 2 aromatic carbocycles. The zero-order chi connectivity index (χ0) is 24.7. The van der Waals surface area contributed by atoms with Gasteiger partial charge in [-0.3, -0.25) is 19.5 Å². The Bertz CT molecular complexity index is 1530. The van der Waals surface area contributed by atoms with Gasteiger partial charge < -0.3 is 4.74 Å². The third-order valence-electron chi connectivity index (χ3n) is 5.98. The average Bonchev–Trinajstić information content (AvgIpc) is 3.31. The van der Waals surface area contributed by atoms with E-state index in [4.69, 9.17) is 4.74 Å². The molecule has 2 amide bonds. The van der Waals surface area contributed by atoms with Crippen LogP contribution in [0.1, 0.15) is 16.8 Å². The number of nitrogens with one attached hydrogen (secondary N) is 1. The number of rotatable bonds is 5. The van der Waals surface area contributed by atoms with Gasteiger partial charge in [-0.25, -0.2) is 9.58 Å². The molecular formula is C27H23N4O4+. The summed E-state index contributed by atoms with van der Waals surface area (Å²) in [7, 11) is 1.54. The Kier molecular flexibility index (Phi) is 5.41. The molecular weight excluding hydrogens is 444 g/mol. The Hall–Kier alpha value is -4.72. The number of aromatic nitrogens is 3. The summed E-state index contributed by atoms with van der Waals surface area (Å²) in [6.07, 6.45) is 3.43. The number of amides is 2. The minimum Gasteiger partial charge on any atom is -0.497 e. The number of anilines is 1. The molecule has 3 heterocycles. The van der Waals surface area contributed by atoms with Crippen LogP contribution in [0.15, 0.2) is 83.9 Å². The Morgan fingerprint density at radius 2 is 1.46 bits per heavy atom. The number of nitrogens with zero attached hydrogens (tertiary/aromatic N) is 3. The van der Waals surface area contributed by atoms with Crippen LogP contribution in [0.5, 0.6) is 5.75 Å². The molecule has 8 nitrogen and oxygen atoms in total. The van der Waals surface area contributed by atoms with Crippen LogP contribution in [0, 0.1) is 13.8 Å². The van der Waals surface area contributed by atoms with Crippen molar-refractivity contribution in [2.24, 2.45) is 0 Å². The van der Waals surface area contributed by atoms with E-state index in [0.717, 1.165) is 10.5 Å². The van der Waals surface area contributed by atoms with Gasteiger partial charge in [0.15, 0.2) is 12.4 Å². The Morgan fingerprint density at radius 1 is 0.800 bits per heavy atom. The summed E-state index contributed by atoms with van der Waals surface area (Å²) in [4.78, 5) is 42.2. The van der Waals surface area contributed by atoms with Crippen molar-refractivity contribution in [3.8, 4) is 11.4 Å². The van der Waals surface area contributed by atoms with E-state index in [2.05, 4.69) is 5.10 Å². The first kappa shape index (κ1) is 22.1. The van der Waals surface area contributed by atoms with Gasteiger partial charge in [0.05, 0.1) is 24.0 Å². The van der Waals surface area contributed by atoms with E-state index >= 15 is 0 Å². The number of methoxy groups -OCH3 is 1. The molecule has 1 aliphatic rings. The summed E-state index contributed by atoms with van der Waals surface area (Å²) in [5, 5.41) is 3.05. The van der Waals surface area contributed by atoms with Crippen LogP contribution in [0.4, 0.5) is 5.69 Å². The Balaban J connectivity index is 1.73. The summed E-state index contributed by atoms with van der Waals surface area (Å²) in [6.45, 7) is 3.65. The van der Waals surface area contributed by atoms with Crippen molar-refractivity contribution >= 4 is 28.8 Å². The van der Waals surface area contributed by atoms with Gasteiger partial charge in [0.1, 0.15) is 11.3 Å². The van der Waals surface area contributed by atoms with Gasteiger partial charge in [-0.05, 0) is 55.8 Å². The molecule has 0 saturated heterocycles.